The van der Waals surface area contributed by atoms with E-state index in [0.717, 1.165) is 47.2 Å². The Labute approximate surface area is 255 Å². The van der Waals surface area contributed by atoms with Crippen molar-refractivity contribution in [2.75, 3.05) is 18.4 Å². The van der Waals surface area contributed by atoms with E-state index in [9.17, 15) is 9.59 Å². The van der Waals surface area contributed by atoms with Crippen LogP contribution in [0.25, 0.3) is 0 Å². The number of carbonyl (C=O) groups excluding carboxylic acids is 2. The first-order valence-electron chi connectivity index (χ1n) is 16.0. The maximum absolute atomic E-state index is 13.5. The number of ether oxygens (including phenoxy) is 1. The third kappa shape index (κ3) is 6.78. The van der Waals surface area contributed by atoms with Gasteiger partial charge in [0.05, 0.1) is 0 Å². The molecule has 1 N–H and O–H groups in total. The number of anilines is 1. The molecule has 8 heteroatoms. The molecule has 2 aliphatic carbocycles. The van der Waals surface area contributed by atoms with Gasteiger partial charge in [-0.15, -0.1) is 10.2 Å². The second-order valence-electron chi connectivity index (χ2n) is 13.6. The molecule has 0 bridgehead atoms. The molecule has 2 amide bonds. The molecule has 2 heterocycles. The first-order valence-corrected chi connectivity index (χ1v) is 16.0. The first kappa shape index (κ1) is 29.4. The van der Waals surface area contributed by atoms with Crippen molar-refractivity contribution in [1.29, 1.82) is 0 Å². The molecule has 1 aromatic heterocycles. The van der Waals surface area contributed by atoms with Crippen molar-refractivity contribution >= 4 is 17.7 Å². The molecule has 228 valence electrons. The van der Waals surface area contributed by atoms with E-state index < -0.39 is 0 Å². The second kappa shape index (κ2) is 12.5. The van der Waals surface area contributed by atoms with Gasteiger partial charge in [-0.1, -0.05) is 61.9 Å². The molecule has 43 heavy (non-hydrogen) atoms. The summed E-state index contributed by atoms with van der Waals surface area (Å²) in [5.41, 5.74) is 4.01. The van der Waals surface area contributed by atoms with Crippen LogP contribution in [0, 0.1) is 31.6 Å². The molecular weight excluding hydrogens is 538 g/mol. The van der Waals surface area contributed by atoms with Crippen molar-refractivity contribution in [2.24, 2.45) is 17.8 Å². The fraction of sp³-hybridized carbons (Fsp3) is 0.543. The lowest BCUT2D eigenvalue weighted by atomic mass is 9.71. The largest absolute Gasteiger partial charge is 0.445 e. The van der Waals surface area contributed by atoms with E-state index in [0.29, 0.717) is 37.4 Å². The van der Waals surface area contributed by atoms with Gasteiger partial charge in [-0.05, 0) is 75.0 Å². The number of nitrogens with one attached hydrogen (secondary N) is 1. The summed E-state index contributed by atoms with van der Waals surface area (Å²) in [4.78, 5) is 28.1. The van der Waals surface area contributed by atoms with Crippen molar-refractivity contribution in [3.63, 3.8) is 0 Å². The average molecular weight is 584 g/mol. The molecular formula is C35H45N5O3. The average Bonchev–Trinajstić information content (AvgIpc) is 3.68. The third-order valence-corrected chi connectivity index (χ3v) is 9.40. The summed E-state index contributed by atoms with van der Waals surface area (Å²) in [5, 5.41) is 12.7. The SMILES string of the molecule is Cc1ccc(NC(=O)CC(c2nnc(C3CC(CC(C)C)C3)n2C2CC2)C2CN(C(=O)OCc3ccccc3)C2)c(C)c1. The highest BCUT2D eigenvalue weighted by atomic mass is 16.6. The highest BCUT2D eigenvalue weighted by Gasteiger charge is 2.44. The number of carbonyl (C=O) groups is 2. The minimum absolute atomic E-state index is 0.0328. The molecule has 0 spiro atoms. The van der Waals surface area contributed by atoms with Gasteiger partial charge in [-0.25, -0.2) is 4.79 Å². The van der Waals surface area contributed by atoms with E-state index in [1.165, 1.54) is 24.8 Å². The molecule has 1 saturated heterocycles. The van der Waals surface area contributed by atoms with Crippen molar-refractivity contribution in [3.05, 3.63) is 76.9 Å². The highest BCUT2D eigenvalue weighted by Crippen LogP contribution is 2.48. The van der Waals surface area contributed by atoms with Gasteiger partial charge in [-0.3, -0.25) is 4.79 Å². The van der Waals surface area contributed by atoms with E-state index in [2.05, 4.69) is 36.7 Å². The van der Waals surface area contributed by atoms with Gasteiger partial charge in [0.1, 0.15) is 18.3 Å². The van der Waals surface area contributed by atoms with Crippen LogP contribution in [-0.2, 0) is 16.1 Å². The zero-order valence-electron chi connectivity index (χ0n) is 26.0. The summed E-state index contributed by atoms with van der Waals surface area (Å²) in [7, 11) is 0. The Balaban J connectivity index is 1.18. The summed E-state index contributed by atoms with van der Waals surface area (Å²) >= 11 is 0. The van der Waals surface area contributed by atoms with E-state index in [-0.39, 0.29) is 30.4 Å². The zero-order chi connectivity index (χ0) is 30.1. The standard InChI is InChI=1S/C35H45N5O3/c1-22(2)14-26-16-27(17-26)33-37-38-34(40(33)29-11-12-29)30(18-32(41)36-31-13-10-23(3)15-24(31)4)28-19-39(20-28)35(42)43-21-25-8-6-5-7-9-25/h5-10,13,15,22,26-30H,11-12,14,16-21H2,1-4H3,(H,36,41). The molecule has 2 saturated carbocycles. The van der Waals surface area contributed by atoms with Crippen LogP contribution in [0.4, 0.5) is 10.5 Å². The Morgan fingerprint density at radius 3 is 2.44 bits per heavy atom. The lowest BCUT2D eigenvalue weighted by molar-refractivity contribution is -0.117. The number of likely N-dealkylation sites (tertiary alicyclic amines) is 1. The van der Waals surface area contributed by atoms with E-state index in [1.54, 1.807) is 4.90 Å². The normalized spacial score (nSPS) is 20.8. The number of rotatable bonds is 11. The van der Waals surface area contributed by atoms with Gasteiger partial charge >= 0.3 is 6.09 Å². The Hall–Kier alpha value is -3.68. The van der Waals surface area contributed by atoms with Gasteiger partial charge in [0.15, 0.2) is 0 Å². The van der Waals surface area contributed by atoms with Crippen LogP contribution >= 0.6 is 0 Å². The fourth-order valence-corrected chi connectivity index (χ4v) is 6.91. The molecule has 1 atom stereocenters. The second-order valence-corrected chi connectivity index (χ2v) is 13.6. The van der Waals surface area contributed by atoms with Gasteiger partial charge in [0.25, 0.3) is 0 Å². The first-order chi connectivity index (χ1) is 20.7. The van der Waals surface area contributed by atoms with Crippen LogP contribution in [-0.4, -0.2) is 44.8 Å². The van der Waals surface area contributed by atoms with Crippen LogP contribution in [0.2, 0.25) is 0 Å². The van der Waals surface area contributed by atoms with Gasteiger partial charge in [-0.2, -0.15) is 0 Å². The summed E-state index contributed by atoms with van der Waals surface area (Å²) in [6, 6.07) is 16.2. The van der Waals surface area contributed by atoms with Crippen molar-refractivity contribution < 1.29 is 14.3 Å². The third-order valence-electron chi connectivity index (χ3n) is 9.40. The summed E-state index contributed by atoms with van der Waals surface area (Å²) in [5.74, 6) is 3.90. The predicted molar refractivity (Wildman–Crippen MR) is 167 cm³/mol. The number of nitrogens with zero attached hydrogens (tertiary/aromatic N) is 4. The monoisotopic (exact) mass is 583 g/mol. The van der Waals surface area contributed by atoms with Crippen LogP contribution < -0.4 is 5.32 Å². The molecule has 2 aromatic carbocycles. The fourth-order valence-electron chi connectivity index (χ4n) is 6.91. The van der Waals surface area contributed by atoms with Crippen LogP contribution in [0.1, 0.15) is 98.6 Å². The van der Waals surface area contributed by atoms with Crippen molar-refractivity contribution in [1.82, 2.24) is 19.7 Å². The maximum atomic E-state index is 13.5. The van der Waals surface area contributed by atoms with Crippen molar-refractivity contribution in [2.45, 2.75) is 90.7 Å². The Kier molecular flexibility index (Phi) is 8.55. The molecule has 1 aliphatic heterocycles. The Bertz CT molecular complexity index is 1430. The van der Waals surface area contributed by atoms with Gasteiger partial charge < -0.3 is 19.5 Å². The van der Waals surface area contributed by atoms with E-state index >= 15 is 0 Å². The topological polar surface area (TPSA) is 89.4 Å². The maximum Gasteiger partial charge on any atom is 0.410 e. The number of aromatic nitrogens is 3. The molecule has 8 nitrogen and oxygen atoms in total. The highest BCUT2D eigenvalue weighted by molar-refractivity contribution is 5.92. The van der Waals surface area contributed by atoms with Gasteiger partial charge in [0, 0.05) is 49.0 Å². The summed E-state index contributed by atoms with van der Waals surface area (Å²) in [6.07, 6.45) is 5.86. The minimum Gasteiger partial charge on any atom is -0.445 e. The van der Waals surface area contributed by atoms with Crippen LogP contribution in [0.15, 0.2) is 48.5 Å². The predicted octanol–water partition coefficient (Wildman–Crippen LogP) is 7.15. The number of benzene rings is 2. The molecule has 1 unspecified atom stereocenters. The van der Waals surface area contributed by atoms with Crippen LogP contribution in [0.5, 0.6) is 0 Å². The van der Waals surface area contributed by atoms with E-state index in [1.807, 2.05) is 49.4 Å². The number of hydrogen-bond acceptors (Lipinski definition) is 5. The number of hydrogen-bond donors (Lipinski definition) is 1. The minimum atomic E-state index is -0.311. The molecule has 3 aliphatic rings. The summed E-state index contributed by atoms with van der Waals surface area (Å²) in [6.45, 7) is 10.0. The Morgan fingerprint density at radius 2 is 1.77 bits per heavy atom. The lowest BCUT2D eigenvalue weighted by Gasteiger charge is -2.42. The smallest absolute Gasteiger partial charge is 0.410 e. The Morgan fingerprint density at radius 1 is 1.02 bits per heavy atom. The zero-order valence-corrected chi connectivity index (χ0v) is 26.0. The van der Waals surface area contributed by atoms with Gasteiger partial charge in [0.2, 0.25) is 5.91 Å². The number of aryl methyl sites for hydroxylation is 2. The van der Waals surface area contributed by atoms with Crippen LogP contribution in [0.3, 0.4) is 0 Å². The summed E-state index contributed by atoms with van der Waals surface area (Å²) < 4.78 is 7.98. The van der Waals surface area contributed by atoms with E-state index in [4.69, 9.17) is 14.9 Å². The quantitative estimate of drug-likeness (QED) is 0.259. The molecule has 0 radical (unpaired) electrons. The molecule has 3 fully saturated rings. The number of amides is 2. The lowest BCUT2D eigenvalue weighted by Crippen LogP contribution is -2.53. The molecule has 6 rings (SSSR count). The van der Waals surface area contributed by atoms with Crippen molar-refractivity contribution in [3.8, 4) is 0 Å². The molecule has 3 aromatic rings.